The van der Waals surface area contributed by atoms with Crippen LogP contribution in [0.25, 0.3) is 10.9 Å². The number of carbonyl (C=O) groups is 1. The molecular formula is C35H40N6O. The number of rotatable bonds is 13. The average Bonchev–Trinajstić information content (AvgIpc) is 3.52. The highest BCUT2D eigenvalue weighted by Crippen LogP contribution is 2.28. The molecule has 0 fully saturated rings. The van der Waals surface area contributed by atoms with E-state index in [-0.39, 0.29) is 5.91 Å². The lowest BCUT2D eigenvalue weighted by molar-refractivity contribution is 0.102. The summed E-state index contributed by atoms with van der Waals surface area (Å²) in [7, 11) is 0. The van der Waals surface area contributed by atoms with E-state index in [9.17, 15) is 4.79 Å². The Morgan fingerprint density at radius 1 is 0.881 bits per heavy atom. The van der Waals surface area contributed by atoms with E-state index >= 15 is 0 Å². The van der Waals surface area contributed by atoms with E-state index in [1.807, 2.05) is 60.9 Å². The monoisotopic (exact) mass is 560 g/mol. The number of anilines is 1. The maximum Gasteiger partial charge on any atom is 0.255 e. The minimum atomic E-state index is -0.101. The van der Waals surface area contributed by atoms with E-state index in [1.54, 1.807) is 6.20 Å². The normalized spacial score (nSPS) is 11.3. The van der Waals surface area contributed by atoms with Crippen molar-refractivity contribution in [1.29, 1.82) is 0 Å². The number of para-hydroxylation sites is 1. The fourth-order valence-electron chi connectivity index (χ4n) is 5.68. The fraction of sp³-hybridized carbons (Fsp3) is 0.286. The lowest BCUT2D eigenvalue weighted by atomic mass is 9.92. The van der Waals surface area contributed by atoms with Gasteiger partial charge in [0.15, 0.2) is 0 Å². The second kappa shape index (κ2) is 14.0. The summed E-state index contributed by atoms with van der Waals surface area (Å²) in [4.78, 5) is 28.5. The quantitative estimate of drug-likeness (QED) is 0.147. The summed E-state index contributed by atoms with van der Waals surface area (Å²) in [6.45, 7) is 6.70. The third-order valence-corrected chi connectivity index (χ3v) is 7.63. The van der Waals surface area contributed by atoms with Gasteiger partial charge in [0.25, 0.3) is 5.91 Å². The Hall–Kier alpha value is -4.33. The van der Waals surface area contributed by atoms with Gasteiger partial charge in [-0.3, -0.25) is 14.7 Å². The van der Waals surface area contributed by atoms with Crippen molar-refractivity contribution in [3.63, 3.8) is 0 Å². The van der Waals surface area contributed by atoms with Crippen LogP contribution < -0.4 is 11.1 Å². The standard InChI is InChI=1S/C35H40N6O/c1-3-9-29-27(20-36)15-16-33(31(29)10-4-2)40-35(42)30-13-7-5-12-28(30)23-41(24-34-37-17-18-38-34)22-25-19-26-11-6-8-14-32(26)39-21-25/h5-8,11-19,21H,3-4,9-10,20,22-24,36H2,1-2H3,(H,37,38)(H,40,42). The smallest absolute Gasteiger partial charge is 0.255 e. The van der Waals surface area contributed by atoms with Crippen molar-refractivity contribution >= 4 is 22.5 Å². The molecule has 0 aliphatic carbocycles. The molecule has 0 aliphatic heterocycles. The molecule has 0 aliphatic rings. The topological polar surface area (TPSA) is 99.9 Å². The molecule has 7 nitrogen and oxygen atoms in total. The molecule has 5 aromatic rings. The van der Waals surface area contributed by atoms with Crippen molar-refractivity contribution in [1.82, 2.24) is 19.9 Å². The molecule has 0 atom stereocenters. The highest BCUT2D eigenvalue weighted by molar-refractivity contribution is 6.05. The molecule has 2 heterocycles. The number of nitrogens with two attached hydrogens (primary N) is 1. The average molecular weight is 561 g/mol. The van der Waals surface area contributed by atoms with Crippen molar-refractivity contribution in [2.24, 2.45) is 5.73 Å². The van der Waals surface area contributed by atoms with Crippen LogP contribution >= 0.6 is 0 Å². The number of imidazole rings is 1. The third kappa shape index (κ3) is 6.93. The zero-order valence-corrected chi connectivity index (χ0v) is 24.6. The van der Waals surface area contributed by atoms with Crippen molar-refractivity contribution < 1.29 is 4.79 Å². The minimum Gasteiger partial charge on any atom is -0.348 e. The van der Waals surface area contributed by atoms with Crippen LogP contribution in [0.5, 0.6) is 0 Å². The maximum absolute atomic E-state index is 13.8. The molecule has 3 aromatic carbocycles. The molecule has 0 saturated carbocycles. The number of H-pyrrole nitrogens is 1. The summed E-state index contributed by atoms with van der Waals surface area (Å²) in [5.41, 5.74) is 14.3. The highest BCUT2D eigenvalue weighted by Gasteiger charge is 2.19. The molecule has 5 rings (SSSR count). The molecule has 2 aromatic heterocycles. The van der Waals surface area contributed by atoms with Crippen LogP contribution in [0.3, 0.4) is 0 Å². The van der Waals surface area contributed by atoms with Gasteiger partial charge in [0, 0.05) is 54.9 Å². The largest absolute Gasteiger partial charge is 0.348 e. The van der Waals surface area contributed by atoms with Gasteiger partial charge in [-0.25, -0.2) is 4.98 Å². The number of pyridine rings is 1. The van der Waals surface area contributed by atoms with E-state index in [0.29, 0.717) is 31.7 Å². The number of carbonyl (C=O) groups excluding carboxylic acids is 1. The van der Waals surface area contributed by atoms with Crippen molar-refractivity contribution in [2.45, 2.75) is 65.7 Å². The molecule has 0 bridgehead atoms. The second-order valence-corrected chi connectivity index (χ2v) is 10.8. The molecule has 7 heteroatoms. The summed E-state index contributed by atoms with van der Waals surface area (Å²) < 4.78 is 0. The molecule has 0 spiro atoms. The Morgan fingerprint density at radius 3 is 2.45 bits per heavy atom. The number of aromatic nitrogens is 3. The summed E-state index contributed by atoms with van der Waals surface area (Å²) in [5.74, 6) is 0.773. The zero-order valence-electron chi connectivity index (χ0n) is 24.6. The number of benzene rings is 3. The van der Waals surface area contributed by atoms with Gasteiger partial charge in [-0.05, 0) is 64.9 Å². The van der Waals surface area contributed by atoms with Gasteiger partial charge < -0.3 is 16.0 Å². The SMILES string of the molecule is CCCc1c(CN)ccc(NC(=O)c2ccccc2CN(Cc2cnc3ccccc3c2)Cc2ncc[nH]2)c1CCC. The minimum absolute atomic E-state index is 0.101. The van der Waals surface area contributed by atoms with Crippen LogP contribution in [0.4, 0.5) is 5.69 Å². The van der Waals surface area contributed by atoms with Gasteiger partial charge >= 0.3 is 0 Å². The summed E-state index contributed by atoms with van der Waals surface area (Å²) >= 11 is 0. The lowest BCUT2D eigenvalue weighted by Gasteiger charge is -2.23. The van der Waals surface area contributed by atoms with E-state index in [1.165, 1.54) is 11.1 Å². The van der Waals surface area contributed by atoms with Crippen LogP contribution in [0.15, 0.2) is 85.3 Å². The highest BCUT2D eigenvalue weighted by atomic mass is 16.1. The third-order valence-electron chi connectivity index (χ3n) is 7.63. The fourth-order valence-corrected chi connectivity index (χ4v) is 5.68. The Balaban J connectivity index is 1.42. The Kier molecular flexibility index (Phi) is 9.74. The van der Waals surface area contributed by atoms with Gasteiger partial charge in [0.05, 0.1) is 12.1 Å². The van der Waals surface area contributed by atoms with E-state index in [4.69, 9.17) is 5.73 Å². The zero-order chi connectivity index (χ0) is 29.3. The first-order valence-corrected chi connectivity index (χ1v) is 14.9. The molecule has 0 saturated heterocycles. The van der Waals surface area contributed by atoms with E-state index in [0.717, 1.165) is 64.8 Å². The maximum atomic E-state index is 13.8. The predicted molar refractivity (Wildman–Crippen MR) is 170 cm³/mol. The summed E-state index contributed by atoms with van der Waals surface area (Å²) in [6.07, 6.45) is 9.42. The number of amides is 1. The van der Waals surface area contributed by atoms with Crippen LogP contribution in [0.1, 0.15) is 70.7 Å². The van der Waals surface area contributed by atoms with Gasteiger partial charge in [-0.1, -0.05) is 69.2 Å². The van der Waals surface area contributed by atoms with Crippen LogP contribution in [0, 0.1) is 0 Å². The van der Waals surface area contributed by atoms with E-state index in [2.05, 4.69) is 57.2 Å². The molecule has 216 valence electrons. The number of hydrogen-bond acceptors (Lipinski definition) is 5. The molecule has 42 heavy (non-hydrogen) atoms. The number of aromatic amines is 1. The van der Waals surface area contributed by atoms with Gasteiger partial charge in [-0.2, -0.15) is 0 Å². The van der Waals surface area contributed by atoms with Gasteiger partial charge in [-0.15, -0.1) is 0 Å². The van der Waals surface area contributed by atoms with Crippen LogP contribution in [-0.4, -0.2) is 25.8 Å². The van der Waals surface area contributed by atoms with Gasteiger partial charge in [0.1, 0.15) is 5.82 Å². The predicted octanol–water partition coefficient (Wildman–Crippen LogP) is 6.78. The Bertz CT molecular complexity index is 1630. The van der Waals surface area contributed by atoms with Crippen LogP contribution in [-0.2, 0) is 39.0 Å². The van der Waals surface area contributed by atoms with Crippen molar-refractivity contribution in [3.05, 3.63) is 125 Å². The Labute approximate surface area is 248 Å². The molecule has 0 radical (unpaired) electrons. The van der Waals surface area contributed by atoms with Crippen molar-refractivity contribution in [3.8, 4) is 0 Å². The lowest BCUT2D eigenvalue weighted by Crippen LogP contribution is -2.25. The number of nitrogens with zero attached hydrogens (tertiary/aromatic N) is 3. The molecule has 4 N–H and O–H groups in total. The second-order valence-electron chi connectivity index (χ2n) is 10.8. The van der Waals surface area contributed by atoms with Gasteiger partial charge in [0.2, 0.25) is 0 Å². The first-order valence-electron chi connectivity index (χ1n) is 14.9. The Morgan fingerprint density at radius 2 is 1.67 bits per heavy atom. The summed E-state index contributed by atoms with van der Waals surface area (Å²) in [6, 6.07) is 22.3. The summed E-state index contributed by atoms with van der Waals surface area (Å²) in [5, 5.41) is 4.37. The molecule has 1 amide bonds. The first kappa shape index (κ1) is 29.2. The van der Waals surface area contributed by atoms with E-state index < -0.39 is 0 Å². The van der Waals surface area contributed by atoms with Crippen molar-refractivity contribution in [2.75, 3.05) is 5.32 Å². The van der Waals surface area contributed by atoms with Crippen LogP contribution in [0.2, 0.25) is 0 Å². The first-order chi connectivity index (χ1) is 20.6. The number of nitrogens with one attached hydrogen (secondary N) is 2. The molecular weight excluding hydrogens is 520 g/mol. The number of fused-ring (bicyclic) bond motifs is 1. The molecule has 0 unspecified atom stereocenters. The number of hydrogen-bond donors (Lipinski definition) is 3.